The smallest absolute Gasteiger partial charge is 0.204 e. The highest BCUT2D eigenvalue weighted by molar-refractivity contribution is 7.19. The number of hydrogen-bond acceptors (Lipinski definition) is 5. The lowest BCUT2D eigenvalue weighted by molar-refractivity contribution is 0.306. The van der Waals surface area contributed by atoms with Crippen molar-refractivity contribution < 1.29 is 4.74 Å². The third kappa shape index (κ3) is 5.94. The van der Waals surface area contributed by atoms with Gasteiger partial charge in [-0.2, -0.15) is 5.10 Å². The Bertz CT molecular complexity index is 1410. The Hall–Kier alpha value is -3.64. The summed E-state index contributed by atoms with van der Waals surface area (Å²) in [6.07, 6.45) is 1.76. The lowest BCUT2D eigenvalue weighted by Crippen LogP contribution is -1.96. The van der Waals surface area contributed by atoms with E-state index in [9.17, 15) is 0 Å². The molecule has 0 bridgehead atoms. The van der Waals surface area contributed by atoms with Gasteiger partial charge in [-0.15, -0.1) is 0 Å². The van der Waals surface area contributed by atoms with Gasteiger partial charge in [0, 0.05) is 5.56 Å². The summed E-state index contributed by atoms with van der Waals surface area (Å²) in [7, 11) is 0. The minimum Gasteiger partial charge on any atom is -0.489 e. The molecule has 5 rings (SSSR count). The fraction of sp³-hybridized carbons (Fsp3) is 0.0345. The maximum atomic E-state index is 6.07. The molecule has 0 atom stereocenters. The number of nitrogens with one attached hydrogen (secondary N) is 1. The fourth-order valence-electron chi connectivity index (χ4n) is 3.55. The van der Waals surface area contributed by atoms with Crippen LogP contribution in [0, 0.1) is 0 Å². The molecular formula is C29H21Cl2N3OS. The summed E-state index contributed by atoms with van der Waals surface area (Å²) in [5.41, 5.74) is 8.11. The Balaban J connectivity index is 1.25. The molecule has 36 heavy (non-hydrogen) atoms. The molecule has 1 heterocycles. The molecule has 0 radical (unpaired) electrons. The van der Waals surface area contributed by atoms with Gasteiger partial charge in [0.25, 0.3) is 0 Å². The van der Waals surface area contributed by atoms with E-state index < -0.39 is 0 Å². The summed E-state index contributed by atoms with van der Waals surface area (Å²) in [5, 5.41) is 6.18. The first-order valence-corrected chi connectivity index (χ1v) is 12.8. The molecular weight excluding hydrogens is 509 g/mol. The van der Waals surface area contributed by atoms with Crippen molar-refractivity contribution in [1.82, 2.24) is 4.98 Å². The zero-order valence-electron chi connectivity index (χ0n) is 19.1. The van der Waals surface area contributed by atoms with E-state index in [1.165, 1.54) is 0 Å². The Morgan fingerprint density at radius 2 is 1.50 bits per heavy atom. The topological polar surface area (TPSA) is 46.5 Å². The number of nitrogens with zero attached hydrogens (tertiary/aromatic N) is 2. The molecule has 0 aliphatic carbocycles. The van der Waals surface area contributed by atoms with E-state index in [0.717, 1.165) is 43.7 Å². The summed E-state index contributed by atoms with van der Waals surface area (Å²) >= 11 is 13.6. The van der Waals surface area contributed by atoms with Gasteiger partial charge in [-0.05, 0) is 53.1 Å². The standard InChI is InChI=1S/C29H21Cl2N3OS/c30-25-16-13-21(17-26(25)31)19-35-24-14-11-20(12-15-24)18-32-34-29-33-27(22-7-3-1-4-8-22)28(36-29)23-9-5-2-6-10-23/h1-18H,19H2,(H,33,34)/b32-18-. The molecule has 178 valence electrons. The number of anilines is 1. The lowest BCUT2D eigenvalue weighted by atomic mass is 10.1. The predicted molar refractivity (Wildman–Crippen MR) is 151 cm³/mol. The number of thiazole rings is 1. The highest BCUT2D eigenvalue weighted by atomic mass is 35.5. The van der Waals surface area contributed by atoms with Gasteiger partial charge >= 0.3 is 0 Å². The number of hydrogen-bond donors (Lipinski definition) is 1. The van der Waals surface area contributed by atoms with E-state index in [1.807, 2.05) is 72.8 Å². The second-order valence-electron chi connectivity index (χ2n) is 7.90. The molecule has 4 nitrogen and oxygen atoms in total. The van der Waals surface area contributed by atoms with Gasteiger partial charge < -0.3 is 4.74 Å². The molecule has 4 aromatic carbocycles. The highest BCUT2D eigenvalue weighted by Crippen LogP contribution is 2.38. The van der Waals surface area contributed by atoms with Crippen LogP contribution < -0.4 is 10.2 Å². The normalized spacial score (nSPS) is 11.1. The molecule has 7 heteroatoms. The first-order valence-electron chi connectivity index (χ1n) is 11.2. The minimum atomic E-state index is 0.406. The molecule has 1 N–H and O–H groups in total. The second kappa shape index (κ2) is 11.4. The maximum absolute atomic E-state index is 6.07. The second-order valence-corrected chi connectivity index (χ2v) is 9.72. The zero-order valence-corrected chi connectivity index (χ0v) is 21.4. The summed E-state index contributed by atoms with van der Waals surface area (Å²) in [6, 6.07) is 33.6. The molecule has 0 fully saturated rings. The summed E-state index contributed by atoms with van der Waals surface area (Å²) < 4.78 is 5.85. The van der Waals surface area contributed by atoms with Crippen molar-refractivity contribution in [2.75, 3.05) is 5.43 Å². The lowest BCUT2D eigenvalue weighted by Gasteiger charge is -2.07. The molecule has 0 aliphatic rings. The number of hydrazone groups is 1. The van der Waals surface area contributed by atoms with Gasteiger partial charge in [-0.3, -0.25) is 5.43 Å². The van der Waals surface area contributed by atoms with Crippen LogP contribution in [0.5, 0.6) is 5.75 Å². The first-order chi connectivity index (χ1) is 17.7. The van der Waals surface area contributed by atoms with Crippen LogP contribution in [0.4, 0.5) is 5.13 Å². The summed E-state index contributed by atoms with van der Waals surface area (Å²) in [5.74, 6) is 0.756. The molecule has 1 aromatic heterocycles. The Morgan fingerprint density at radius 1 is 0.806 bits per heavy atom. The maximum Gasteiger partial charge on any atom is 0.204 e. The molecule has 0 unspecified atom stereocenters. The van der Waals surface area contributed by atoms with Crippen LogP contribution in [-0.2, 0) is 6.61 Å². The molecule has 0 spiro atoms. The molecule has 0 aliphatic heterocycles. The molecule has 5 aromatic rings. The molecule has 0 saturated heterocycles. The van der Waals surface area contributed by atoms with E-state index in [1.54, 1.807) is 23.6 Å². The number of ether oxygens (including phenoxy) is 1. The van der Waals surface area contributed by atoms with Crippen molar-refractivity contribution in [1.29, 1.82) is 0 Å². The fourth-order valence-corrected chi connectivity index (χ4v) is 4.82. The van der Waals surface area contributed by atoms with E-state index >= 15 is 0 Å². The van der Waals surface area contributed by atoms with E-state index in [0.29, 0.717) is 16.7 Å². The molecule has 0 saturated carbocycles. The zero-order chi connectivity index (χ0) is 24.7. The van der Waals surface area contributed by atoms with Crippen molar-refractivity contribution in [2.24, 2.45) is 5.10 Å². The van der Waals surface area contributed by atoms with Crippen molar-refractivity contribution >= 4 is 45.9 Å². The Labute approximate surface area is 223 Å². The minimum absolute atomic E-state index is 0.406. The van der Waals surface area contributed by atoms with Crippen molar-refractivity contribution in [2.45, 2.75) is 6.61 Å². The van der Waals surface area contributed by atoms with Gasteiger partial charge in [-0.1, -0.05) is 101 Å². The quantitative estimate of drug-likeness (QED) is 0.161. The van der Waals surface area contributed by atoms with Crippen LogP contribution >= 0.6 is 34.5 Å². The van der Waals surface area contributed by atoms with Crippen LogP contribution in [0.1, 0.15) is 11.1 Å². The number of aromatic nitrogens is 1. The van der Waals surface area contributed by atoms with Gasteiger partial charge in [0.05, 0.1) is 26.8 Å². The SMILES string of the molecule is Clc1ccc(COc2ccc(/C=N\Nc3nc(-c4ccccc4)c(-c4ccccc4)s3)cc2)cc1Cl. The number of halogens is 2. The monoisotopic (exact) mass is 529 g/mol. The third-order valence-corrected chi connectivity index (χ3v) is 7.10. The van der Waals surface area contributed by atoms with Crippen LogP contribution in [0.25, 0.3) is 21.7 Å². The van der Waals surface area contributed by atoms with Crippen molar-refractivity contribution in [3.8, 4) is 27.4 Å². The number of rotatable bonds is 8. The van der Waals surface area contributed by atoms with Gasteiger partial charge in [0.15, 0.2) is 0 Å². The van der Waals surface area contributed by atoms with Gasteiger partial charge in [-0.25, -0.2) is 4.98 Å². The third-order valence-electron chi connectivity index (χ3n) is 5.35. The summed E-state index contributed by atoms with van der Waals surface area (Å²) in [4.78, 5) is 5.92. The van der Waals surface area contributed by atoms with E-state index in [4.69, 9.17) is 32.9 Å². The van der Waals surface area contributed by atoms with Crippen molar-refractivity contribution in [3.63, 3.8) is 0 Å². The Morgan fingerprint density at radius 3 is 2.19 bits per heavy atom. The van der Waals surface area contributed by atoms with Gasteiger partial charge in [0.1, 0.15) is 12.4 Å². The van der Waals surface area contributed by atoms with Crippen LogP contribution in [0.15, 0.2) is 108 Å². The Kier molecular flexibility index (Phi) is 7.62. The molecule has 0 amide bonds. The average Bonchev–Trinajstić information content (AvgIpc) is 3.35. The van der Waals surface area contributed by atoms with Crippen LogP contribution in [0.3, 0.4) is 0 Å². The largest absolute Gasteiger partial charge is 0.489 e. The van der Waals surface area contributed by atoms with Crippen LogP contribution in [0.2, 0.25) is 10.0 Å². The number of benzene rings is 4. The first kappa shape index (κ1) is 24.1. The predicted octanol–water partition coefficient (Wildman–Crippen LogP) is 8.81. The summed E-state index contributed by atoms with van der Waals surface area (Å²) in [6.45, 7) is 0.406. The van der Waals surface area contributed by atoms with Crippen LogP contribution in [-0.4, -0.2) is 11.2 Å². The highest BCUT2D eigenvalue weighted by Gasteiger charge is 2.14. The van der Waals surface area contributed by atoms with E-state index in [-0.39, 0.29) is 0 Å². The van der Waals surface area contributed by atoms with Gasteiger partial charge in [0.2, 0.25) is 5.13 Å². The van der Waals surface area contributed by atoms with E-state index in [2.05, 4.69) is 34.8 Å². The average molecular weight is 530 g/mol. The van der Waals surface area contributed by atoms with Crippen molar-refractivity contribution in [3.05, 3.63) is 124 Å².